The Labute approximate surface area is 125 Å². The summed E-state index contributed by atoms with van der Waals surface area (Å²) in [5, 5.41) is 2.72. The Hall–Kier alpha value is -2.95. The molecule has 22 heavy (non-hydrogen) atoms. The molecule has 0 spiro atoms. The molecule has 0 fully saturated rings. The van der Waals surface area contributed by atoms with Crippen molar-refractivity contribution in [2.45, 2.75) is 6.61 Å². The average molecular weight is 294 g/mol. The van der Waals surface area contributed by atoms with Gasteiger partial charge in [0.1, 0.15) is 18.2 Å². The summed E-state index contributed by atoms with van der Waals surface area (Å²) in [6.07, 6.45) is 1.65. The smallest absolute Gasteiger partial charge is 0.260 e. The minimum absolute atomic E-state index is 0.285. The zero-order valence-corrected chi connectivity index (χ0v) is 11.5. The Morgan fingerprint density at radius 3 is 2.95 bits per heavy atom. The number of fused-ring (bicyclic) bond motifs is 2. The maximum Gasteiger partial charge on any atom is 0.260 e. The fourth-order valence-electron chi connectivity index (χ4n) is 2.74. The van der Waals surface area contributed by atoms with Gasteiger partial charge >= 0.3 is 0 Å². The number of amides is 1. The number of anilines is 1. The van der Waals surface area contributed by atoms with Gasteiger partial charge in [-0.1, -0.05) is 6.58 Å². The van der Waals surface area contributed by atoms with Crippen LogP contribution in [0.5, 0.6) is 0 Å². The van der Waals surface area contributed by atoms with Crippen molar-refractivity contribution in [3.63, 3.8) is 0 Å². The molecule has 0 saturated carbocycles. The Morgan fingerprint density at radius 1 is 1.27 bits per heavy atom. The number of nitrogens with zero attached hydrogens (tertiary/aromatic N) is 1. The highest BCUT2D eigenvalue weighted by Crippen LogP contribution is 2.41. The van der Waals surface area contributed by atoms with Crippen molar-refractivity contribution in [2.24, 2.45) is 0 Å². The molecule has 0 saturated heterocycles. The van der Waals surface area contributed by atoms with E-state index < -0.39 is 5.82 Å². The van der Waals surface area contributed by atoms with E-state index in [4.69, 9.17) is 4.74 Å². The van der Waals surface area contributed by atoms with Gasteiger partial charge in [-0.25, -0.2) is 9.37 Å². The Balaban J connectivity index is 1.93. The zero-order valence-electron chi connectivity index (χ0n) is 11.5. The van der Waals surface area contributed by atoms with E-state index in [0.29, 0.717) is 22.6 Å². The minimum Gasteiger partial charge on any atom is -0.486 e. The van der Waals surface area contributed by atoms with Gasteiger partial charge in [0, 0.05) is 16.8 Å². The summed E-state index contributed by atoms with van der Waals surface area (Å²) < 4.78 is 19.2. The van der Waals surface area contributed by atoms with Crippen molar-refractivity contribution in [1.82, 2.24) is 4.98 Å². The molecule has 2 aromatic rings. The van der Waals surface area contributed by atoms with Gasteiger partial charge in [0.25, 0.3) is 5.91 Å². The van der Waals surface area contributed by atoms with Crippen molar-refractivity contribution in [3.05, 3.63) is 65.2 Å². The second-order valence-corrected chi connectivity index (χ2v) is 5.07. The molecule has 108 valence electrons. The molecule has 2 aliphatic heterocycles. The first-order chi connectivity index (χ1) is 10.7. The number of aromatic nitrogens is 1. The van der Waals surface area contributed by atoms with Gasteiger partial charge in [0.2, 0.25) is 0 Å². The van der Waals surface area contributed by atoms with E-state index in [1.807, 2.05) is 6.07 Å². The minimum atomic E-state index is -0.397. The van der Waals surface area contributed by atoms with E-state index in [1.165, 1.54) is 12.1 Å². The number of pyridine rings is 1. The molecule has 1 aromatic heterocycles. The first-order valence-electron chi connectivity index (χ1n) is 6.78. The number of hydrogen-bond acceptors (Lipinski definition) is 3. The van der Waals surface area contributed by atoms with Crippen LogP contribution in [0.2, 0.25) is 0 Å². The molecule has 0 aliphatic carbocycles. The lowest BCUT2D eigenvalue weighted by molar-refractivity contribution is -0.110. The summed E-state index contributed by atoms with van der Waals surface area (Å²) in [5.74, 6) is -0.247. The van der Waals surface area contributed by atoms with Gasteiger partial charge in [-0.2, -0.15) is 0 Å². The van der Waals surface area contributed by atoms with Gasteiger partial charge in [0.15, 0.2) is 0 Å². The predicted octanol–water partition coefficient (Wildman–Crippen LogP) is 3.21. The second kappa shape index (κ2) is 4.53. The lowest BCUT2D eigenvalue weighted by Crippen LogP contribution is -2.05. The van der Waals surface area contributed by atoms with Gasteiger partial charge in [-0.3, -0.25) is 4.79 Å². The fraction of sp³-hybridized carbons (Fsp3) is 0.0588. The normalized spacial score (nSPS) is 18.5. The number of carbonyl (C=O) groups is 1. The maximum atomic E-state index is 13.5. The van der Waals surface area contributed by atoms with Crippen LogP contribution in [-0.2, 0) is 16.1 Å². The molecule has 0 atom stereocenters. The highest BCUT2D eigenvalue weighted by atomic mass is 19.1. The lowest BCUT2D eigenvalue weighted by atomic mass is 10.0. The molecule has 3 heterocycles. The van der Waals surface area contributed by atoms with Crippen LogP contribution >= 0.6 is 0 Å². The summed E-state index contributed by atoms with van der Waals surface area (Å²) in [4.78, 5) is 16.7. The molecule has 5 heteroatoms. The van der Waals surface area contributed by atoms with Gasteiger partial charge in [-0.05, 0) is 36.4 Å². The van der Waals surface area contributed by atoms with Crippen LogP contribution in [0.4, 0.5) is 10.1 Å². The van der Waals surface area contributed by atoms with E-state index in [1.54, 1.807) is 18.2 Å². The highest BCUT2D eigenvalue weighted by Gasteiger charge is 2.33. The third-order valence-electron chi connectivity index (χ3n) is 3.76. The monoisotopic (exact) mass is 294 g/mol. The van der Waals surface area contributed by atoms with Crippen LogP contribution in [0.1, 0.15) is 22.5 Å². The molecular formula is C17H11FN2O2. The third kappa shape index (κ3) is 1.75. The van der Waals surface area contributed by atoms with E-state index in [2.05, 4.69) is 16.9 Å². The summed E-state index contributed by atoms with van der Waals surface area (Å²) >= 11 is 0. The van der Waals surface area contributed by atoms with Crippen LogP contribution in [-0.4, -0.2) is 10.9 Å². The molecule has 0 radical (unpaired) electrons. The molecule has 4 nitrogen and oxygen atoms in total. The Bertz CT molecular complexity index is 871. The van der Waals surface area contributed by atoms with E-state index in [9.17, 15) is 9.18 Å². The average Bonchev–Trinajstić information content (AvgIpc) is 3.06. The molecule has 4 rings (SSSR count). The summed E-state index contributed by atoms with van der Waals surface area (Å²) in [7, 11) is 0. The quantitative estimate of drug-likeness (QED) is 0.822. The predicted molar refractivity (Wildman–Crippen MR) is 81.0 cm³/mol. The fourth-order valence-corrected chi connectivity index (χ4v) is 2.74. The van der Waals surface area contributed by atoms with E-state index in [-0.39, 0.29) is 12.5 Å². The Kier molecular flexibility index (Phi) is 2.63. The summed E-state index contributed by atoms with van der Waals surface area (Å²) in [6.45, 7) is 3.97. The third-order valence-corrected chi connectivity index (χ3v) is 3.76. The summed E-state index contributed by atoms with van der Waals surface area (Å²) in [5.41, 5.74) is 3.70. The van der Waals surface area contributed by atoms with Crippen molar-refractivity contribution < 1.29 is 13.9 Å². The van der Waals surface area contributed by atoms with Crippen molar-refractivity contribution in [2.75, 3.05) is 5.32 Å². The number of hydrogen-bond donors (Lipinski definition) is 1. The van der Waals surface area contributed by atoms with Crippen LogP contribution < -0.4 is 5.32 Å². The summed E-state index contributed by atoms with van der Waals surface area (Å²) in [6, 6.07) is 7.85. The second-order valence-electron chi connectivity index (χ2n) is 5.07. The first-order valence-corrected chi connectivity index (χ1v) is 6.78. The molecule has 2 aliphatic rings. The highest BCUT2D eigenvalue weighted by molar-refractivity contribution is 6.36. The van der Waals surface area contributed by atoms with Crippen molar-refractivity contribution >= 4 is 29.0 Å². The molecule has 1 amide bonds. The number of benzene rings is 1. The van der Waals surface area contributed by atoms with E-state index >= 15 is 0 Å². The Morgan fingerprint density at radius 2 is 2.14 bits per heavy atom. The number of halogens is 1. The van der Waals surface area contributed by atoms with E-state index in [0.717, 1.165) is 17.0 Å². The molecule has 0 unspecified atom stereocenters. The van der Waals surface area contributed by atoms with Crippen LogP contribution in [0, 0.1) is 5.82 Å². The maximum absolute atomic E-state index is 13.5. The topological polar surface area (TPSA) is 51.2 Å². The molecule has 1 N–H and O–H groups in total. The van der Waals surface area contributed by atoms with Gasteiger partial charge < -0.3 is 10.1 Å². The number of carbonyl (C=O) groups excluding carboxylic acids is 1. The SMILES string of the molecule is C=Cc1ccc2c(n1)CO/C2=C1\C(=O)Nc2ccc(F)cc21. The van der Waals surface area contributed by atoms with Gasteiger partial charge in [-0.15, -0.1) is 0 Å². The molecular weight excluding hydrogens is 283 g/mol. The van der Waals surface area contributed by atoms with Crippen LogP contribution in [0.15, 0.2) is 36.9 Å². The molecule has 1 aromatic carbocycles. The first kappa shape index (κ1) is 12.8. The molecule has 0 bridgehead atoms. The number of rotatable bonds is 1. The van der Waals surface area contributed by atoms with Crippen LogP contribution in [0.3, 0.4) is 0 Å². The standard InChI is InChI=1S/C17H11FN2O2/c1-2-10-4-5-11-14(19-10)8-22-16(11)15-12-7-9(18)3-6-13(12)20-17(15)21/h2-7H,1,8H2,(H,20,21)/b16-15-. The largest absolute Gasteiger partial charge is 0.486 e. The van der Waals surface area contributed by atoms with Crippen LogP contribution in [0.25, 0.3) is 17.4 Å². The lowest BCUT2D eigenvalue weighted by Gasteiger charge is -2.05. The van der Waals surface area contributed by atoms with Gasteiger partial charge in [0.05, 0.1) is 17.0 Å². The zero-order chi connectivity index (χ0) is 15.3. The number of nitrogens with one attached hydrogen (secondary N) is 1. The van der Waals surface area contributed by atoms with Crippen molar-refractivity contribution in [1.29, 1.82) is 0 Å². The van der Waals surface area contributed by atoms with Crippen molar-refractivity contribution in [3.8, 4) is 0 Å². The number of ether oxygens (including phenoxy) is 1.